The molecule has 0 bridgehead atoms. The lowest BCUT2D eigenvalue weighted by molar-refractivity contribution is 0.102. The zero-order valence-electron chi connectivity index (χ0n) is 23.4. The maximum atomic E-state index is 15.2. The van der Waals surface area contributed by atoms with E-state index in [1.54, 1.807) is 6.07 Å². The van der Waals surface area contributed by atoms with Gasteiger partial charge >= 0.3 is 0 Å². The lowest BCUT2D eigenvalue weighted by Crippen LogP contribution is -2.47. The number of amides is 1. The minimum Gasteiger partial charge on any atom is -0.453 e. The van der Waals surface area contributed by atoms with Gasteiger partial charge in [-0.25, -0.2) is 18.2 Å². The molecule has 226 valence electrons. The van der Waals surface area contributed by atoms with Crippen LogP contribution >= 0.6 is 0 Å². The Hall–Kier alpha value is -5.24. The van der Waals surface area contributed by atoms with Crippen LogP contribution < -0.4 is 20.9 Å². The van der Waals surface area contributed by atoms with E-state index in [2.05, 4.69) is 30.9 Å². The van der Waals surface area contributed by atoms with Gasteiger partial charge < -0.3 is 20.3 Å². The van der Waals surface area contributed by atoms with E-state index in [0.717, 1.165) is 23.8 Å². The molecule has 3 aromatic heterocycles. The Balaban J connectivity index is 1.19. The zero-order valence-corrected chi connectivity index (χ0v) is 23.4. The van der Waals surface area contributed by atoms with Crippen LogP contribution in [0.3, 0.4) is 0 Å². The van der Waals surface area contributed by atoms with Crippen molar-refractivity contribution in [2.24, 2.45) is 0 Å². The Morgan fingerprint density at radius 1 is 1.09 bits per heavy atom. The number of pyridine rings is 1. The molecule has 1 aliphatic rings. The van der Waals surface area contributed by atoms with Crippen LogP contribution in [0.25, 0.3) is 16.7 Å². The van der Waals surface area contributed by atoms with Gasteiger partial charge in [0, 0.05) is 43.3 Å². The van der Waals surface area contributed by atoms with Gasteiger partial charge in [0.05, 0.1) is 11.7 Å². The van der Waals surface area contributed by atoms with Crippen molar-refractivity contribution in [1.82, 2.24) is 29.9 Å². The van der Waals surface area contributed by atoms with Gasteiger partial charge in [-0.05, 0) is 55.4 Å². The Bertz CT molecular complexity index is 1880. The summed E-state index contributed by atoms with van der Waals surface area (Å²) in [5.41, 5.74) is -0.272. The summed E-state index contributed by atoms with van der Waals surface area (Å²) in [5, 5.41) is 17.1. The number of nitrogens with one attached hydrogen (secondary N) is 3. The van der Waals surface area contributed by atoms with Crippen molar-refractivity contribution in [2.45, 2.75) is 25.6 Å². The van der Waals surface area contributed by atoms with Crippen LogP contribution in [0.4, 0.5) is 24.7 Å². The second-order valence-electron chi connectivity index (χ2n) is 10.2. The topological polar surface area (TPSA) is 130 Å². The number of fused-ring (bicyclic) bond motifs is 1. The van der Waals surface area contributed by atoms with Crippen LogP contribution in [0.15, 0.2) is 71.8 Å². The molecule has 3 N–H and O–H groups in total. The highest BCUT2D eigenvalue weighted by Gasteiger charge is 2.30. The second-order valence-corrected chi connectivity index (χ2v) is 10.2. The lowest BCUT2D eigenvalue weighted by Gasteiger charge is -2.34. The molecule has 1 unspecified atom stereocenters. The van der Waals surface area contributed by atoms with Crippen LogP contribution in [-0.2, 0) is 0 Å². The third kappa shape index (κ3) is 5.83. The number of H-pyrrole nitrogens is 1. The van der Waals surface area contributed by atoms with Gasteiger partial charge in [-0.2, -0.15) is 14.9 Å². The molecule has 1 fully saturated rings. The standard InChI is InChI=1S/C30H27F3N8O3/c1-2-40-14-11-23(22(33)16-40)37-28-26-25(10-12-34-27(26)38-39-28)44-24-8-5-18(15-21(24)32)36-29(42)20-9-13-35-41(30(20)43)19-6-3-17(31)4-7-19/h3-10,12-13,15,22-23H,2,11,14,16H2,1H3,(H,36,42)(H2,34,37,38,39)/t22-,23?/m0/s1. The number of piperidine rings is 1. The summed E-state index contributed by atoms with van der Waals surface area (Å²) < 4.78 is 50.2. The molecule has 44 heavy (non-hydrogen) atoms. The van der Waals surface area contributed by atoms with Crippen LogP contribution in [0, 0.1) is 11.6 Å². The number of halogens is 3. The first-order chi connectivity index (χ1) is 21.3. The molecule has 0 radical (unpaired) electrons. The van der Waals surface area contributed by atoms with Crippen LogP contribution in [0.1, 0.15) is 23.7 Å². The zero-order chi connectivity index (χ0) is 30.8. The molecular weight excluding hydrogens is 577 g/mol. The number of aromatic amines is 1. The Labute approximate surface area is 248 Å². The summed E-state index contributed by atoms with van der Waals surface area (Å²) in [6.45, 7) is 3.83. The van der Waals surface area contributed by atoms with Crippen LogP contribution in [0.2, 0.25) is 0 Å². The van der Waals surface area contributed by atoms with Crippen LogP contribution in [-0.4, -0.2) is 67.6 Å². The lowest BCUT2D eigenvalue weighted by atomic mass is 10.0. The molecule has 0 aliphatic carbocycles. The Morgan fingerprint density at radius 3 is 2.66 bits per heavy atom. The number of hydrogen-bond donors (Lipinski definition) is 3. The number of benzene rings is 2. The van der Waals surface area contributed by atoms with Crippen molar-refractivity contribution < 1.29 is 22.7 Å². The molecule has 4 heterocycles. The summed E-state index contributed by atoms with van der Waals surface area (Å²) in [7, 11) is 0. The van der Waals surface area contributed by atoms with E-state index in [1.165, 1.54) is 54.9 Å². The monoisotopic (exact) mass is 604 g/mol. The maximum absolute atomic E-state index is 15.2. The van der Waals surface area contributed by atoms with Crippen molar-refractivity contribution >= 4 is 28.4 Å². The van der Waals surface area contributed by atoms with Gasteiger partial charge in [0.1, 0.15) is 28.7 Å². The van der Waals surface area contributed by atoms with E-state index < -0.39 is 35.3 Å². The fourth-order valence-corrected chi connectivity index (χ4v) is 5.03. The average molecular weight is 605 g/mol. The Morgan fingerprint density at radius 2 is 1.91 bits per heavy atom. The number of carbonyl (C=O) groups excluding carboxylic acids is 1. The first-order valence-corrected chi connectivity index (χ1v) is 13.9. The number of anilines is 2. The largest absolute Gasteiger partial charge is 0.453 e. The summed E-state index contributed by atoms with van der Waals surface area (Å²) in [5.74, 6) is -1.64. The first kappa shape index (κ1) is 28.9. The van der Waals surface area contributed by atoms with Gasteiger partial charge in [0.25, 0.3) is 11.5 Å². The SMILES string of the molecule is CCN1CCC(Nc2n[nH]c3nccc(Oc4ccc(NC(=O)c5ccnn(-c6ccc(F)cc6)c5=O)cc4F)c23)[C@@H](F)C1. The quantitative estimate of drug-likeness (QED) is 0.233. The molecule has 2 atom stereocenters. The molecule has 1 aliphatic heterocycles. The highest BCUT2D eigenvalue weighted by atomic mass is 19.1. The number of hydrogen-bond acceptors (Lipinski definition) is 8. The number of ether oxygens (including phenoxy) is 1. The van der Waals surface area contributed by atoms with E-state index in [0.29, 0.717) is 29.8 Å². The Kier molecular flexibility index (Phi) is 7.98. The first-order valence-electron chi connectivity index (χ1n) is 13.9. The van der Waals surface area contributed by atoms with Gasteiger partial charge in [0.15, 0.2) is 23.0 Å². The molecule has 14 heteroatoms. The van der Waals surface area contributed by atoms with E-state index in [4.69, 9.17) is 4.74 Å². The van der Waals surface area contributed by atoms with Gasteiger partial charge in [0.2, 0.25) is 0 Å². The van der Waals surface area contributed by atoms with Crippen molar-refractivity contribution in [2.75, 3.05) is 30.3 Å². The number of likely N-dealkylation sites (tertiary alicyclic amines) is 1. The molecule has 6 rings (SSSR count). The minimum atomic E-state index is -1.10. The molecular formula is C30H27F3N8O3. The summed E-state index contributed by atoms with van der Waals surface area (Å²) >= 11 is 0. The van der Waals surface area contributed by atoms with Crippen LogP contribution in [0.5, 0.6) is 11.5 Å². The second kappa shape index (κ2) is 12.2. The molecule has 0 saturated carbocycles. The molecule has 5 aromatic rings. The van der Waals surface area contributed by atoms with Gasteiger partial charge in [-0.1, -0.05) is 6.92 Å². The van der Waals surface area contributed by atoms with Crippen molar-refractivity contribution in [3.8, 4) is 17.2 Å². The third-order valence-electron chi connectivity index (χ3n) is 7.39. The molecule has 11 nitrogen and oxygen atoms in total. The molecule has 2 aromatic carbocycles. The van der Waals surface area contributed by atoms with Gasteiger partial charge in [-0.15, -0.1) is 0 Å². The summed E-state index contributed by atoms with van der Waals surface area (Å²) in [4.78, 5) is 32.1. The van der Waals surface area contributed by atoms with E-state index >= 15 is 4.39 Å². The smallest absolute Gasteiger partial charge is 0.284 e. The van der Waals surface area contributed by atoms with Crippen molar-refractivity contribution in [3.63, 3.8) is 0 Å². The molecule has 1 saturated heterocycles. The predicted octanol–water partition coefficient (Wildman–Crippen LogP) is 4.67. The fourth-order valence-electron chi connectivity index (χ4n) is 5.03. The predicted molar refractivity (Wildman–Crippen MR) is 157 cm³/mol. The summed E-state index contributed by atoms with van der Waals surface area (Å²) in [6.07, 6.45) is 2.21. The van der Waals surface area contributed by atoms with Crippen molar-refractivity contribution in [1.29, 1.82) is 0 Å². The highest BCUT2D eigenvalue weighted by Crippen LogP contribution is 2.35. The number of alkyl halides is 1. The number of rotatable bonds is 8. The van der Waals surface area contributed by atoms with E-state index in [-0.39, 0.29) is 28.4 Å². The normalized spacial score (nSPS) is 17.0. The number of nitrogens with zero attached hydrogens (tertiary/aromatic N) is 5. The highest BCUT2D eigenvalue weighted by molar-refractivity contribution is 6.04. The van der Waals surface area contributed by atoms with Gasteiger partial charge in [-0.3, -0.25) is 14.7 Å². The molecule has 0 spiro atoms. The summed E-state index contributed by atoms with van der Waals surface area (Å²) in [6, 6.07) is 11.1. The van der Waals surface area contributed by atoms with E-state index in [1.807, 2.05) is 11.8 Å². The van der Waals surface area contributed by atoms with E-state index in [9.17, 15) is 18.4 Å². The minimum absolute atomic E-state index is 0.0716. The number of carbonyl (C=O) groups is 1. The number of aromatic nitrogens is 5. The van der Waals surface area contributed by atoms with Crippen molar-refractivity contribution in [3.05, 3.63) is 94.5 Å². The third-order valence-corrected chi connectivity index (χ3v) is 7.39. The molecule has 1 amide bonds. The average Bonchev–Trinajstić information content (AvgIpc) is 3.43. The maximum Gasteiger partial charge on any atom is 0.284 e. The fraction of sp³-hybridized carbons (Fsp3) is 0.233.